The Kier molecular flexibility index (Phi) is 6.71. The van der Waals surface area contributed by atoms with Crippen LogP contribution in [0.1, 0.15) is 25.8 Å². The van der Waals surface area contributed by atoms with Crippen molar-refractivity contribution in [2.45, 2.75) is 39.0 Å². The summed E-state index contributed by atoms with van der Waals surface area (Å²) in [6.07, 6.45) is 0.412. The van der Waals surface area contributed by atoms with Crippen LogP contribution in [-0.2, 0) is 11.3 Å². The van der Waals surface area contributed by atoms with Gasteiger partial charge in [0.05, 0.1) is 19.3 Å². The van der Waals surface area contributed by atoms with E-state index in [4.69, 9.17) is 21.1 Å². The van der Waals surface area contributed by atoms with Gasteiger partial charge in [0.25, 0.3) is 0 Å². The highest BCUT2D eigenvalue weighted by atomic mass is 35.5. The van der Waals surface area contributed by atoms with Crippen molar-refractivity contribution >= 4 is 17.5 Å². The predicted octanol–water partition coefficient (Wildman–Crippen LogP) is 1.82. The van der Waals surface area contributed by atoms with Crippen LogP contribution < -0.4 is 14.8 Å². The summed E-state index contributed by atoms with van der Waals surface area (Å²) in [6, 6.07) is 3.25. The quantitative estimate of drug-likeness (QED) is 0.779. The van der Waals surface area contributed by atoms with Crippen molar-refractivity contribution < 1.29 is 19.4 Å². The van der Waals surface area contributed by atoms with E-state index in [1.54, 1.807) is 13.2 Å². The summed E-state index contributed by atoms with van der Waals surface area (Å²) in [6.45, 7) is 5.64. The average molecular weight is 357 g/mol. The largest absolute Gasteiger partial charge is 0.493 e. The molecule has 0 radical (unpaired) electrons. The first-order valence-corrected chi connectivity index (χ1v) is 8.49. The third kappa shape index (κ3) is 4.53. The maximum atomic E-state index is 12.0. The molecule has 1 heterocycles. The number of amides is 1. The van der Waals surface area contributed by atoms with Crippen LogP contribution in [0.2, 0.25) is 5.02 Å². The smallest absolute Gasteiger partial charge is 0.237 e. The number of nitrogens with one attached hydrogen (secondary N) is 1. The number of ether oxygens (including phenoxy) is 2. The Morgan fingerprint density at radius 3 is 2.79 bits per heavy atom. The first-order chi connectivity index (χ1) is 11.5. The lowest BCUT2D eigenvalue weighted by molar-refractivity contribution is -0.129. The Hall–Kier alpha value is -1.50. The van der Waals surface area contributed by atoms with Crippen molar-refractivity contribution in [2.24, 2.45) is 0 Å². The summed E-state index contributed by atoms with van der Waals surface area (Å²) in [7, 11) is 1.59. The number of aliphatic hydroxyl groups excluding tert-OH is 1. The van der Waals surface area contributed by atoms with Gasteiger partial charge in [0, 0.05) is 37.3 Å². The molecule has 0 spiro atoms. The van der Waals surface area contributed by atoms with Crippen LogP contribution in [0, 0.1) is 0 Å². The normalized spacial score (nSPS) is 18.6. The summed E-state index contributed by atoms with van der Waals surface area (Å²) in [4.78, 5) is 14.1. The molecule has 0 bridgehead atoms. The number of nitrogens with zero attached hydrogens (tertiary/aromatic N) is 1. The fraction of sp³-hybridized carbons (Fsp3) is 0.588. The molecule has 1 fully saturated rings. The van der Waals surface area contributed by atoms with E-state index in [1.165, 1.54) is 0 Å². The Bertz CT molecular complexity index is 580. The highest BCUT2D eigenvalue weighted by Gasteiger charge is 2.29. The third-order valence-corrected chi connectivity index (χ3v) is 4.26. The van der Waals surface area contributed by atoms with Gasteiger partial charge in [-0.3, -0.25) is 9.69 Å². The van der Waals surface area contributed by atoms with E-state index in [1.807, 2.05) is 24.8 Å². The number of halogens is 1. The molecule has 1 aromatic rings. The topological polar surface area (TPSA) is 71.0 Å². The molecule has 24 heavy (non-hydrogen) atoms. The summed E-state index contributed by atoms with van der Waals surface area (Å²) < 4.78 is 11.1. The average Bonchev–Trinajstić information content (AvgIpc) is 2.52. The summed E-state index contributed by atoms with van der Waals surface area (Å²) in [5.41, 5.74) is 0.863. The molecule has 2 rings (SSSR count). The van der Waals surface area contributed by atoms with Crippen LogP contribution in [0.4, 0.5) is 0 Å². The van der Waals surface area contributed by atoms with Gasteiger partial charge in [0.2, 0.25) is 5.91 Å². The number of methoxy groups -OCH3 is 1. The number of hydrogen-bond acceptors (Lipinski definition) is 5. The first-order valence-electron chi connectivity index (χ1n) is 8.12. The van der Waals surface area contributed by atoms with Crippen molar-refractivity contribution in [2.75, 3.05) is 26.8 Å². The van der Waals surface area contributed by atoms with Crippen LogP contribution in [-0.4, -0.2) is 54.9 Å². The molecule has 1 aliphatic heterocycles. The van der Waals surface area contributed by atoms with Gasteiger partial charge < -0.3 is 19.9 Å². The van der Waals surface area contributed by atoms with Gasteiger partial charge in [0.1, 0.15) is 0 Å². The zero-order valence-corrected chi connectivity index (χ0v) is 15.1. The molecule has 0 unspecified atom stereocenters. The zero-order chi connectivity index (χ0) is 17.7. The summed E-state index contributed by atoms with van der Waals surface area (Å²) in [5.74, 6) is 1.16. The van der Waals surface area contributed by atoms with E-state index < -0.39 is 0 Å². The van der Waals surface area contributed by atoms with Crippen molar-refractivity contribution in [3.05, 3.63) is 22.7 Å². The maximum Gasteiger partial charge on any atom is 0.237 e. The second-order valence-corrected chi connectivity index (χ2v) is 6.46. The molecule has 0 saturated carbocycles. The number of carbonyl (C=O) groups is 1. The number of piperazine rings is 1. The minimum atomic E-state index is -0.350. The summed E-state index contributed by atoms with van der Waals surface area (Å²) >= 11 is 6.41. The van der Waals surface area contributed by atoms with Crippen LogP contribution in [0.5, 0.6) is 11.5 Å². The lowest BCUT2D eigenvalue weighted by Gasteiger charge is -2.35. The van der Waals surface area contributed by atoms with Crippen molar-refractivity contribution in [3.63, 3.8) is 0 Å². The lowest BCUT2D eigenvalue weighted by Crippen LogP contribution is -2.55. The Labute approximate surface area is 147 Å². The second-order valence-electron chi connectivity index (χ2n) is 6.05. The molecule has 1 aliphatic rings. The molecule has 134 valence electrons. The Balaban J connectivity index is 2.23. The highest BCUT2D eigenvalue weighted by molar-refractivity contribution is 6.31. The molecule has 1 atom stereocenters. The van der Waals surface area contributed by atoms with Crippen molar-refractivity contribution in [1.82, 2.24) is 10.2 Å². The molecule has 2 N–H and O–H groups in total. The third-order valence-electron chi connectivity index (χ3n) is 3.91. The van der Waals surface area contributed by atoms with E-state index in [2.05, 4.69) is 5.32 Å². The summed E-state index contributed by atoms with van der Waals surface area (Å²) in [5, 5.41) is 12.6. The molecule has 6 nitrogen and oxygen atoms in total. The monoisotopic (exact) mass is 356 g/mol. The number of hydrogen-bond donors (Lipinski definition) is 2. The van der Waals surface area contributed by atoms with Crippen LogP contribution in [0.15, 0.2) is 12.1 Å². The van der Waals surface area contributed by atoms with E-state index in [0.29, 0.717) is 42.6 Å². The lowest BCUT2D eigenvalue weighted by atomic mass is 10.1. The van der Waals surface area contributed by atoms with Gasteiger partial charge in [0.15, 0.2) is 11.5 Å². The van der Waals surface area contributed by atoms with Gasteiger partial charge >= 0.3 is 0 Å². The van der Waals surface area contributed by atoms with E-state index in [0.717, 1.165) is 5.56 Å². The second kappa shape index (κ2) is 8.55. The fourth-order valence-electron chi connectivity index (χ4n) is 2.81. The molecular weight excluding hydrogens is 332 g/mol. The minimum absolute atomic E-state index is 0.0144. The number of rotatable bonds is 7. The Morgan fingerprint density at radius 1 is 1.42 bits per heavy atom. The van der Waals surface area contributed by atoms with Gasteiger partial charge in [-0.05, 0) is 31.9 Å². The van der Waals surface area contributed by atoms with Gasteiger partial charge in [-0.1, -0.05) is 11.6 Å². The predicted molar refractivity (Wildman–Crippen MR) is 92.7 cm³/mol. The number of aliphatic hydroxyl groups is 1. The molecule has 1 aromatic carbocycles. The SMILES string of the molecule is COc1cc(CN2CCNC(=O)[C@H]2CCO)c(Cl)cc1OC(C)C. The van der Waals surface area contributed by atoms with E-state index in [9.17, 15) is 9.90 Å². The van der Waals surface area contributed by atoms with Gasteiger partial charge in [-0.15, -0.1) is 0 Å². The first kappa shape index (κ1) is 18.8. The molecular formula is C17H25ClN2O4. The number of carbonyl (C=O) groups excluding carboxylic acids is 1. The zero-order valence-electron chi connectivity index (χ0n) is 14.3. The molecule has 0 aliphatic carbocycles. The van der Waals surface area contributed by atoms with E-state index in [-0.39, 0.29) is 24.7 Å². The molecule has 7 heteroatoms. The van der Waals surface area contributed by atoms with Crippen LogP contribution in [0.25, 0.3) is 0 Å². The standard InChI is InChI=1S/C17H25ClN2O4/c1-11(2)24-16-9-13(18)12(8-15(16)23-3)10-20-6-5-19-17(22)14(20)4-7-21/h8-9,11,14,21H,4-7,10H2,1-3H3,(H,19,22)/t14-/m1/s1. The molecule has 1 amide bonds. The van der Waals surface area contributed by atoms with Crippen LogP contribution in [0.3, 0.4) is 0 Å². The highest BCUT2D eigenvalue weighted by Crippen LogP contribution is 2.35. The van der Waals surface area contributed by atoms with Crippen molar-refractivity contribution in [1.29, 1.82) is 0 Å². The van der Waals surface area contributed by atoms with Crippen LogP contribution >= 0.6 is 11.6 Å². The molecule has 0 aromatic heterocycles. The maximum absolute atomic E-state index is 12.0. The Morgan fingerprint density at radius 2 is 2.17 bits per heavy atom. The minimum Gasteiger partial charge on any atom is -0.493 e. The van der Waals surface area contributed by atoms with Crippen molar-refractivity contribution in [3.8, 4) is 11.5 Å². The number of benzene rings is 1. The molecule has 1 saturated heterocycles. The fourth-order valence-corrected chi connectivity index (χ4v) is 3.02. The van der Waals surface area contributed by atoms with E-state index >= 15 is 0 Å². The van der Waals surface area contributed by atoms with Gasteiger partial charge in [-0.25, -0.2) is 0 Å². The van der Waals surface area contributed by atoms with Gasteiger partial charge in [-0.2, -0.15) is 0 Å².